The van der Waals surface area contributed by atoms with Crippen LogP contribution in [0.25, 0.3) is 0 Å². The van der Waals surface area contributed by atoms with Crippen molar-refractivity contribution in [1.82, 2.24) is 4.31 Å². The monoisotopic (exact) mass is 458 g/mol. The lowest BCUT2D eigenvalue weighted by Crippen LogP contribution is -2.49. The molecule has 3 aromatic rings. The van der Waals surface area contributed by atoms with Gasteiger partial charge in [0.15, 0.2) is 0 Å². The van der Waals surface area contributed by atoms with E-state index in [4.69, 9.17) is 4.74 Å². The first kappa shape index (κ1) is 22.4. The molecule has 1 heterocycles. The van der Waals surface area contributed by atoms with Crippen LogP contribution in [0.2, 0.25) is 0 Å². The van der Waals surface area contributed by atoms with E-state index in [1.54, 1.807) is 42.5 Å². The lowest BCUT2D eigenvalue weighted by Gasteiger charge is -2.36. The quantitative estimate of drug-likeness (QED) is 0.593. The van der Waals surface area contributed by atoms with Gasteiger partial charge in [-0.2, -0.15) is 12.7 Å². The zero-order valence-electron chi connectivity index (χ0n) is 17.5. The third-order valence-corrected chi connectivity index (χ3v) is 7.00. The molecule has 0 bridgehead atoms. The molecule has 1 unspecified atom stereocenters. The summed E-state index contributed by atoms with van der Waals surface area (Å²) in [7, 11) is -3.81. The Morgan fingerprint density at radius 3 is 2.12 bits per heavy atom. The number of morpholine rings is 1. The molecule has 0 amide bonds. The highest BCUT2D eigenvalue weighted by atomic mass is 32.2. The fourth-order valence-electron chi connectivity index (χ4n) is 3.95. The van der Waals surface area contributed by atoms with Crippen molar-refractivity contribution in [3.8, 4) is 0 Å². The molecule has 0 aromatic heterocycles. The fraction of sp³-hybridized carbons (Fsp3) is 0.250. The van der Waals surface area contributed by atoms with Crippen molar-refractivity contribution in [2.24, 2.45) is 0 Å². The molecule has 0 saturated carbocycles. The molecule has 1 saturated heterocycles. The Balaban J connectivity index is 1.62. The first-order valence-electron chi connectivity index (χ1n) is 10.3. The molecule has 1 fully saturated rings. The molecule has 1 aliphatic heterocycles. The van der Waals surface area contributed by atoms with E-state index in [0.717, 1.165) is 16.7 Å². The zero-order chi connectivity index (χ0) is 22.7. The molecular weight excluding hydrogens is 434 g/mol. The number of rotatable bonds is 6. The van der Waals surface area contributed by atoms with E-state index < -0.39 is 22.2 Å². The van der Waals surface area contributed by atoms with Gasteiger partial charge in [-0.05, 0) is 60.0 Å². The minimum atomic E-state index is -3.81. The molecule has 1 atom stereocenters. The zero-order valence-corrected chi connectivity index (χ0v) is 18.4. The normalized spacial score (nSPS) is 17.4. The van der Waals surface area contributed by atoms with Crippen LogP contribution in [0.5, 0.6) is 0 Å². The van der Waals surface area contributed by atoms with Gasteiger partial charge >= 0.3 is 10.2 Å². The highest BCUT2D eigenvalue weighted by Gasteiger charge is 2.35. The van der Waals surface area contributed by atoms with Crippen molar-refractivity contribution in [2.45, 2.75) is 18.9 Å². The molecule has 3 aromatic carbocycles. The molecule has 4 rings (SSSR count). The van der Waals surface area contributed by atoms with Crippen molar-refractivity contribution in [3.05, 3.63) is 101 Å². The highest BCUT2D eigenvalue weighted by molar-refractivity contribution is 7.90. The standard InChI is InChI=1S/C24H24F2N2O3S/c1-17-3-2-4-22(15-17)27-32(29,30)28-13-14-31-23(16-28)24(18-5-9-20(25)10-6-18)19-7-11-21(26)12-8-19/h2-12,15,23-24,27H,13-14,16H2,1H3. The van der Waals surface area contributed by atoms with E-state index in [0.29, 0.717) is 5.69 Å². The summed E-state index contributed by atoms with van der Waals surface area (Å²) in [5, 5.41) is 0. The van der Waals surface area contributed by atoms with E-state index in [9.17, 15) is 17.2 Å². The highest BCUT2D eigenvalue weighted by Crippen LogP contribution is 2.33. The second kappa shape index (κ2) is 9.36. The van der Waals surface area contributed by atoms with Crippen molar-refractivity contribution < 1.29 is 21.9 Å². The Labute approximate surface area is 186 Å². The fourth-order valence-corrected chi connectivity index (χ4v) is 5.17. The van der Waals surface area contributed by atoms with Crippen LogP contribution in [-0.4, -0.2) is 38.5 Å². The minimum absolute atomic E-state index is 0.0978. The van der Waals surface area contributed by atoms with E-state index in [1.807, 2.05) is 13.0 Å². The Hall–Kier alpha value is -2.81. The number of nitrogens with zero attached hydrogens (tertiary/aromatic N) is 1. The average molecular weight is 459 g/mol. The van der Waals surface area contributed by atoms with Crippen molar-refractivity contribution in [3.63, 3.8) is 0 Å². The first-order chi connectivity index (χ1) is 15.3. The summed E-state index contributed by atoms with van der Waals surface area (Å²) in [5.74, 6) is -1.14. The molecular formula is C24H24F2N2O3S. The van der Waals surface area contributed by atoms with Crippen LogP contribution in [0.1, 0.15) is 22.6 Å². The average Bonchev–Trinajstić information content (AvgIpc) is 2.77. The van der Waals surface area contributed by atoms with Gasteiger partial charge in [0.05, 0.1) is 18.4 Å². The van der Waals surface area contributed by atoms with Gasteiger partial charge in [0.1, 0.15) is 11.6 Å². The molecule has 0 radical (unpaired) electrons. The number of aryl methyl sites for hydroxylation is 1. The number of halogens is 2. The third-order valence-electron chi connectivity index (χ3n) is 5.49. The third kappa shape index (κ3) is 5.15. The molecule has 168 valence electrons. The predicted molar refractivity (Wildman–Crippen MR) is 120 cm³/mol. The maximum atomic E-state index is 13.5. The smallest absolute Gasteiger partial charge is 0.301 e. The van der Waals surface area contributed by atoms with E-state index in [-0.39, 0.29) is 31.3 Å². The van der Waals surface area contributed by atoms with Crippen molar-refractivity contribution in [1.29, 1.82) is 0 Å². The van der Waals surface area contributed by atoms with Crippen molar-refractivity contribution >= 4 is 15.9 Å². The second-order valence-electron chi connectivity index (χ2n) is 7.82. The van der Waals surface area contributed by atoms with Crippen LogP contribution in [0.15, 0.2) is 72.8 Å². The summed E-state index contributed by atoms with van der Waals surface area (Å²) in [6, 6.07) is 19.1. The SMILES string of the molecule is Cc1cccc(NS(=O)(=O)N2CCOC(C(c3ccc(F)cc3)c3ccc(F)cc3)C2)c1. The van der Waals surface area contributed by atoms with Gasteiger partial charge in [-0.25, -0.2) is 8.78 Å². The predicted octanol–water partition coefficient (Wildman–Crippen LogP) is 4.46. The van der Waals surface area contributed by atoms with Crippen LogP contribution in [0.4, 0.5) is 14.5 Å². The Bertz CT molecular complexity index is 1120. The van der Waals surface area contributed by atoms with Crippen LogP contribution >= 0.6 is 0 Å². The summed E-state index contributed by atoms with van der Waals surface area (Å²) in [6.45, 7) is 2.40. The molecule has 5 nitrogen and oxygen atoms in total. The molecule has 0 spiro atoms. The van der Waals surface area contributed by atoms with E-state index in [1.165, 1.54) is 28.6 Å². The van der Waals surface area contributed by atoms with Crippen LogP contribution in [0.3, 0.4) is 0 Å². The van der Waals surface area contributed by atoms with Crippen molar-refractivity contribution in [2.75, 3.05) is 24.4 Å². The van der Waals surface area contributed by atoms with Gasteiger partial charge < -0.3 is 4.74 Å². The second-order valence-corrected chi connectivity index (χ2v) is 9.50. The number of hydrogen-bond donors (Lipinski definition) is 1. The number of benzene rings is 3. The Morgan fingerprint density at radius 1 is 0.969 bits per heavy atom. The topological polar surface area (TPSA) is 58.6 Å². The summed E-state index contributed by atoms with van der Waals surface area (Å²) in [6.07, 6.45) is -0.534. The number of nitrogens with one attached hydrogen (secondary N) is 1. The molecule has 1 aliphatic rings. The van der Waals surface area contributed by atoms with Gasteiger partial charge in [0.25, 0.3) is 0 Å². The number of anilines is 1. The maximum absolute atomic E-state index is 13.5. The van der Waals surface area contributed by atoms with Crippen LogP contribution in [0, 0.1) is 18.6 Å². The van der Waals surface area contributed by atoms with Crippen LogP contribution < -0.4 is 4.72 Å². The summed E-state index contributed by atoms with van der Waals surface area (Å²) in [4.78, 5) is 0. The van der Waals surface area contributed by atoms with Gasteiger partial charge in [-0.3, -0.25) is 4.72 Å². The lowest BCUT2D eigenvalue weighted by molar-refractivity contribution is -0.00977. The van der Waals surface area contributed by atoms with Gasteiger partial charge in [-0.1, -0.05) is 36.4 Å². The number of ether oxygens (including phenoxy) is 1. The maximum Gasteiger partial charge on any atom is 0.301 e. The Morgan fingerprint density at radius 2 is 1.56 bits per heavy atom. The molecule has 32 heavy (non-hydrogen) atoms. The lowest BCUT2D eigenvalue weighted by atomic mass is 9.86. The summed E-state index contributed by atoms with van der Waals surface area (Å²) in [5.41, 5.74) is 2.95. The largest absolute Gasteiger partial charge is 0.374 e. The molecule has 0 aliphatic carbocycles. The number of hydrogen-bond acceptors (Lipinski definition) is 3. The van der Waals surface area contributed by atoms with E-state index in [2.05, 4.69) is 4.72 Å². The molecule has 8 heteroatoms. The van der Waals surface area contributed by atoms with Crippen LogP contribution in [-0.2, 0) is 14.9 Å². The van der Waals surface area contributed by atoms with Gasteiger partial charge in [0.2, 0.25) is 0 Å². The molecule has 1 N–H and O–H groups in total. The first-order valence-corrected chi connectivity index (χ1v) is 11.7. The van der Waals surface area contributed by atoms with Gasteiger partial charge in [0, 0.05) is 19.0 Å². The minimum Gasteiger partial charge on any atom is -0.374 e. The van der Waals surface area contributed by atoms with Gasteiger partial charge in [-0.15, -0.1) is 0 Å². The van der Waals surface area contributed by atoms with E-state index >= 15 is 0 Å². The Kier molecular flexibility index (Phi) is 6.55. The summed E-state index contributed by atoms with van der Waals surface area (Å²) >= 11 is 0. The summed E-state index contributed by atoms with van der Waals surface area (Å²) < 4.78 is 63.1.